The SMILES string of the molecule is CC1(C)CN(c2cc(Br)ccc2CO)CCO1. The first-order valence-corrected chi connectivity index (χ1v) is 6.59. The van der Waals surface area contributed by atoms with Crippen LogP contribution in [0.15, 0.2) is 22.7 Å². The van der Waals surface area contributed by atoms with Crippen LogP contribution in [0.2, 0.25) is 0 Å². The zero-order valence-electron chi connectivity index (χ0n) is 10.2. The Kier molecular flexibility index (Phi) is 3.76. The molecule has 1 saturated heterocycles. The van der Waals surface area contributed by atoms with Crippen LogP contribution in [0.5, 0.6) is 0 Å². The van der Waals surface area contributed by atoms with Gasteiger partial charge in [0.2, 0.25) is 0 Å². The van der Waals surface area contributed by atoms with Gasteiger partial charge >= 0.3 is 0 Å². The molecule has 0 saturated carbocycles. The van der Waals surface area contributed by atoms with Crippen LogP contribution in [-0.2, 0) is 11.3 Å². The van der Waals surface area contributed by atoms with Gasteiger partial charge in [-0.15, -0.1) is 0 Å². The molecule has 1 aromatic rings. The van der Waals surface area contributed by atoms with Crippen molar-refractivity contribution in [3.8, 4) is 0 Å². The Balaban J connectivity index is 2.29. The largest absolute Gasteiger partial charge is 0.392 e. The number of hydrogen-bond acceptors (Lipinski definition) is 3. The van der Waals surface area contributed by atoms with E-state index in [-0.39, 0.29) is 12.2 Å². The van der Waals surface area contributed by atoms with Crippen molar-refractivity contribution >= 4 is 21.6 Å². The van der Waals surface area contributed by atoms with Gasteiger partial charge in [-0.3, -0.25) is 0 Å². The van der Waals surface area contributed by atoms with E-state index in [0.717, 1.165) is 35.4 Å². The lowest BCUT2D eigenvalue weighted by Crippen LogP contribution is -2.48. The molecule has 1 aromatic carbocycles. The van der Waals surface area contributed by atoms with E-state index in [1.54, 1.807) is 0 Å². The molecular weight excluding hydrogens is 282 g/mol. The van der Waals surface area contributed by atoms with E-state index in [9.17, 15) is 5.11 Å². The standard InChI is InChI=1S/C13H18BrNO2/c1-13(2)9-15(5-6-17-13)12-7-11(14)4-3-10(12)8-16/h3-4,7,16H,5-6,8-9H2,1-2H3. The maximum absolute atomic E-state index is 9.40. The number of morpholine rings is 1. The Hall–Kier alpha value is -0.580. The first-order valence-electron chi connectivity index (χ1n) is 5.80. The summed E-state index contributed by atoms with van der Waals surface area (Å²) in [5.74, 6) is 0. The molecule has 0 amide bonds. The van der Waals surface area contributed by atoms with Crippen molar-refractivity contribution < 1.29 is 9.84 Å². The van der Waals surface area contributed by atoms with E-state index in [4.69, 9.17) is 4.74 Å². The van der Waals surface area contributed by atoms with E-state index in [2.05, 4.69) is 40.7 Å². The topological polar surface area (TPSA) is 32.7 Å². The van der Waals surface area contributed by atoms with E-state index in [0.29, 0.717) is 0 Å². The maximum Gasteiger partial charge on any atom is 0.0801 e. The quantitative estimate of drug-likeness (QED) is 0.911. The summed E-state index contributed by atoms with van der Waals surface area (Å²) in [7, 11) is 0. The van der Waals surface area contributed by atoms with Crippen molar-refractivity contribution in [3.05, 3.63) is 28.2 Å². The number of anilines is 1. The molecule has 2 rings (SSSR count). The molecule has 1 aliphatic rings. The van der Waals surface area contributed by atoms with E-state index < -0.39 is 0 Å². The molecule has 94 valence electrons. The highest BCUT2D eigenvalue weighted by Crippen LogP contribution is 2.29. The van der Waals surface area contributed by atoms with Gasteiger partial charge in [-0.05, 0) is 26.0 Å². The fourth-order valence-corrected chi connectivity index (χ4v) is 2.54. The van der Waals surface area contributed by atoms with Gasteiger partial charge in [0.05, 0.1) is 18.8 Å². The molecule has 0 atom stereocenters. The second-order valence-corrected chi connectivity index (χ2v) is 5.88. The lowest BCUT2D eigenvalue weighted by molar-refractivity contribution is -0.0277. The minimum Gasteiger partial charge on any atom is -0.392 e. The van der Waals surface area contributed by atoms with Crippen molar-refractivity contribution in [1.29, 1.82) is 0 Å². The Labute approximate surface area is 111 Å². The van der Waals surface area contributed by atoms with E-state index in [1.807, 2.05) is 12.1 Å². The summed E-state index contributed by atoms with van der Waals surface area (Å²) >= 11 is 3.48. The first kappa shape index (κ1) is 12.9. The van der Waals surface area contributed by atoms with Crippen molar-refractivity contribution in [2.24, 2.45) is 0 Å². The number of ether oxygens (including phenoxy) is 1. The second-order valence-electron chi connectivity index (χ2n) is 4.96. The molecule has 3 nitrogen and oxygen atoms in total. The first-order chi connectivity index (χ1) is 8.02. The van der Waals surface area contributed by atoms with Gasteiger partial charge in [0.25, 0.3) is 0 Å². The van der Waals surface area contributed by atoms with Crippen molar-refractivity contribution in [1.82, 2.24) is 0 Å². The highest BCUT2D eigenvalue weighted by atomic mass is 79.9. The third-order valence-corrected chi connectivity index (χ3v) is 3.48. The van der Waals surface area contributed by atoms with Gasteiger partial charge in [-0.1, -0.05) is 22.0 Å². The van der Waals surface area contributed by atoms with E-state index in [1.165, 1.54) is 0 Å². The van der Waals surface area contributed by atoms with Crippen LogP contribution in [0.25, 0.3) is 0 Å². The number of rotatable bonds is 2. The third-order valence-electron chi connectivity index (χ3n) is 2.98. The number of hydrogen-bond donors (Lipinski definition) is 1. The molecule has 4 heteroatoms. The van der Waals surface area contributed by atoms with Crippen LogP contribution in [-0.4, -0.2) is 30.4 Å². The minimum atomic E-state index is -0.132. The molecule has 1 heterocycles. The van der Waals surface area contributed by atoms with Gasteiger partial charge in [-0.2, -0.15) is 0 Å². The Bertz CT molecular complexity index is 406. The minimum absolute atomic E-state index is 0.0698. The van der Waals surface area contributed by atoms with Gasteiger partial charge in [0.1, 0.15) is 0 Å². The molecule has 0 aliphatic carbocycles. The number of nitrogens with zero attached hydrogens (tertiary/aromatic N) is 1. The highest BCUT2D eigenvalue weighted by molar-refractivity contribution is 9.10. The fraction of sp³-hybridized carbons (Fsp3) is 0.538. The summed E-state index contributed by atoms with van der Waals surface area (Å²) in [5, 5.41) is 9.40. The average molecular weight is 300 g/mol. The van der Waals surface area contributed by atoms with Crippen molar-refractivity contribution in [2.75, 3.05) is 24.6 Å². The summed E-state index contributed by atoms with van der Waals surface area (Å²) < 4.78 is 6.74. The molecule has 1 fully saturated rings. The molecule has 0 radical (unpaired) electrons. The van der Waals surface area contributed by atoms with Crippen LogP contribution in [0.4, 0.5) is 5.69 Å². The number of halogens is 1. The number of benzene rings is 1. The molecule has 17 heavy (non-hydrogen) atoms. The normalized spacial score (nSPS) is 19.4. The van der Waals surface area contributed by atoms with Gasteiger partial charge < -0.3 is 14.7 Å². The predicted octanol–water partition coefficient (Wildman–Crippen LogP) is 2.56. The molecule has 0 aromatic heterocycles. The third kappa shape index (κ3) is 3.00. The van der Waals surface area contributed by atoms with Crippen LogP contribution < -0.4 is 4.90 Å². The lowest BCUT2D eigenvalue weighted by atomic mass is 10.1. The molecule has 0 bridgehead atoms. The highest BCUT2D eigenvalue weighted by Gasteiger charge is 2.28. The Morgan fingerprint density at radius 3 is 2.88 bits per heavy atom. The summed E-state index contributed by atoms with van der Waals surface area (Å²) in [6.07, 6.45) is 0. The van der Waals surface area contributed by atoms with Gasteiger partial charge in [-0.25, -0.2) is 0 Å². The fourth-order valence-electron chi connectivity index (χ4n) is 2.19. The average Bonchev–Trinajstić information content (AvgIpc) is 2.27. The lowest BCUT2D eigenvalue weighted by Gasteiger charge is -2.40. The zero-order valence-corrected chi connectivity index (χ0v) is 11.8. The van der Waals surface area contributed by atoms with E-state index >= 15 is 0 Å². The van der Waals surface area contributed by atoms with Crippen LogP contribution in [0.3, 0.4) is 0 Å². The summed E-state index contributed by atoms with van der Waals surface area (Å²) in [4.78, 5) is 2.28. The smallest absolute Gasteiger partial charge is 0.0801 e. The van der Waals surface area contributed by atoms with Crippen LogP contribution in [0, 0.1) is 0 Å². The monoisotopic (exact) mass is 299 g/mol. The molecular formula is C13H18BrNO2. The van der Waals surface area contributed by atoms with Crippen molar-refractivity contribution in [2.45, 2.75) is 26.1 Å². The van der Waals surface area contributed by atoms with Crippen LogP contribution in [0.1, 0.15) is 19.4 Å². The van der Waals surface area contributed by atoms with Crippen molar-refractivity contribution in [3.63, 3.8) is 0 Å². The Morgan fingerprint density at radius 1 is 1.47 bits per heavy atom. The van der Waals surface area contributed by atoms with Gasteiger partial charge in [0, 0.05) is 28.8 Å². The van der Waals surface area contributed by atoms with Crippen LogP contribution >= 0.6 is 15.9 Å². The molecule has 1 aliphatic heterocycles. The summed E-state index contributed by atoms with van der Waals surface area (Å²) in [6, 6.07) is 5.98. The molecule has 0 spiro atoms. The molecule has 1 N–H and O–H groups in total. The summed E-state index contributed by atoms with van der Waals surface area (Å²) in [6.45, 7) is 6.69. The summed E-state index contributed by atoms with van der Waals surface area (Å²) in [5.41, 5.74) is 1.93. The number of aliphatic hydroxyl groups excluding tert-OH is 1. The molecule has 0 unspecified atom stereocenters. The predicted molar refractivity (Wildman–Crippen MR) is 72.3 cm³/mol. The number of aliphatic hydroxyl groups is 1. The maximum atomic E-state index is 9.40. The Morgan fingerprint density at radius 2 is 2.24 bits per heavy atom. The second kappa shape index (κ2) is 4.96. The zero-order chi connectivity index (χ0) is 12.5. The van der Waals surface area contributed by atoms with Gasteiger partial charge in [0.15, 0.2) is 0 Å².